The molecule has 2 heteroatoms. The van der Waals surface area contributed by atoms with Gasteiger partial charge in [-0.3, -0.25) is 4.79 Å². The summed E-state index contributed by atoms with van der Waals surface area (Å²) in [7, 11) is 1.45. The number of ether oxygens (including phenoxy) is 1. The van der Waals surface area contributed by atoms with Gasteiger partial charge < -0.3 is 4.74 Å². The summed E-state index contributed by atoms with van der Waals surface area (Å²) in [6.07, 6.45) is 4.10. The van der Waals surface area contributed by atoms with Gasteiger partial charge in [0.2, 0.25) is 0 Å². The average Bonchev–Trinajstić information content (AvgIpc) is 3.04. The van der Waals surface area contributed by atoms with Crippen molar-refractivity contribution in [2.75, 3.05) is 7.11 Å². The van der Waals surface area contributed by atoms with Gasteiger partial charge in [0.05, 0.1) is 13.0 Å². The van der Waals surface area contributed by atoms with Crippen molar-refractivity contribution in [2.45, 2.75) is 12.8 Å². The zero-order valence-corrected chi connectivity index (χ0v) is 9.59. The third-order valence-electron chi connectivity index (χ3n) is 3.15. The Labute approximate surface area is 95.9 Å². The molecule has 1 fully saturated rings. The Bertz CT molecular complexity index is 394. The lowest BCUT2D eigenvalue weighted by Crippen LogP contribution is -2.04. The number of allylic oxidation sites excluding steroid dienone is 2. The number of benzene rings is 1. The largest absolute Gasteiger partial charge is 0.469 e. The van der Waals surface area contributed by atoms with E-state index in [1.54, 1.807) is 0 Å². The van der Waals surface area contributed by atoms with Crippen molar-refractivity contribution >= 4 is 5.97 Å². The van der Waals surface area contributed by atoms with E-state index < -0.39 is 0 Å². The molecule has 0 aliphatic heterocycles. The lowest BCUT2D eigenvalue weighted by atomic mass is 10.1. The summed E-state index contributed by atoms with van der Waals surface area (Å²) in [6, 6.07) is 10.2. The summed E-state index contributed by atoms with van der Waals surface area (Å²) < 4.78 is 4.83. The Morgan fingerprint density at radius 3 is 2.56 bits per heavy atom. The van der Waals surface area contributed by atoms with E-state index in [-0.39, 0.29) is 11.9 Å². The summed E-state index contributed by atoms with van der Waals surface area (Å²) >= 11 is 0. The lowest BCUT2D eigenvalue weighted by molar-refractivity contribution is -0.142. The van der Waals surface area contributed by atoms with E-state index in [1.807, 2.05) is 31.2 Å². The van der Waals surface area contributed by atoms with Gasteiger partial charge in [-0.2, -0.15) is 0 Å². The molecule has 16 heavy (non-hydrogen) atoms. The van der Waals surface area contributed by atoms with Crippen LogP contribution in [-0.4, -0.2) is 13.1 Å². The topological polar surface area (TPSA) is 26.3 Å². The molecule has 0 aromatic heterocycles. The van der Waals surface area contributed by atoms with Crippen molar-refractivity contribution in [1.29, 1.82) is 0 Å². The molecule has 1 aromatic rings. The van der Waals surface area contributed by atoms with Crippen molar-refractivity contribution < 1.29 is 9.53 Å². The summed E-state index contributed by atoms with van der Waals surface area (Å²) in [5, 5.41) is 0. The number of methoxy groups -OCH3 is 1. The van der Waals surface area contributed by atoms with Gasteiger partial charge in [-0.05, 0) is 18.4 Å². The first-order valence-corrected chi connectivity index (χ1v) is 5.55. The van der Waals surface area contributed by atoms with Gasteiger partial charge >= 0.3 is 5.97 Å². The summed E-state index contributed by atoms with van der Waals surface area (Å²) in [4.78, 5) is 11.6. The molecule has 1 aliphatic rings. The van der Waals surface area contributed by atoms with Gasteiger partial charge in [-0.15, -0.1) is 0 Å². The molecule has 1 aromatic carbocycles. The smallest absolute Gasteiger partial charge is 0.309 e. The molecule has 0 saturated heterocycles. The molecule has 0 N–H and O–H groups in total. The zero-order valence-electron chi connectivity index (χ0n) is 9.59. The second kappa shape index (κ2) is 4.52. The van der Waals surface area contributed by atoms with Crippen LogP contribution < -0.4 is 0 Å². The maximum atomic E-state index is 11.6. The monoisotopic (exact) mass is 216 g/mol. The number of esters is 1. The molecule has 2 nitrogen and oxygen atoms in total. The highest BCUT2D eigenvalue weighted by atomic mass is 16.5. The minimum absolute atomic E-state index is 0.00333. The molecule has 0 unspecified atom stereocenters. The van der Waals surface area contributed by atoms with Crippen LogP contribution in [0.15, 0.2) is 42.5 Å². The molecule has 0 bridgehead atoms. The lowest BCUT2D eigenvalue weighted by Gasteiger charge is -1.98. The van der Waals surface area contributed by atoms with Gasteiger partial charge in [0.15, 0.2) is 0 Å². The third-order valence-corrected chi connectivity index (χ3v) is 3.15. The van der Waals surface area contributed by atoms with E-state index in [2.05, 4.69) is 18.2 Å². The van der Waals surface area contributed by atoms with E-state index >= 15 is 0 Å². The van der Waals surface area contributed by atoms with E-state index in [4.69, 9.17) is 4.74 Å². The van der Waals surface area contributed by atoms with Crippen molar-refractivity contribution in [2.24, 2.45) is 11.8 Å². The quantitative estimate of drug-likeness (QED) is 0.573. The van der Waals surface area contributed by atoms with E-state index in [0.717, 1.165) is 0 Å². The van der Waals surface area contributed by atoms with Crippen LogP contribution in [0, 0.1) is 11.8 Å². The molecule has 1 saturated carbocycles. The predicted octanol–water partition coefficient (Wildman–Crippen LogP) is 2.77. The van der Waals surface area contributed by atoms with Crippen LogP contribution in [0.5, 0.6) is 0 Å². The Balaban J connectivity index is 2.19. The first kappa shape index (κ1) is 10.9. The second-order valence-corrected chi connectivity index (χ2v) is 4.09. The van der Waals surface area contributed by atoms with Crippen molar-refractivity contribution in [3.8, 4) is 0 Å². The van der Waals surface area contributed by atoms with Gasteiger partial charge in [-0.1, -0.05) is 42.5 Å². The van der Waals surface area contributed by atoms with E-state index in [9.17, 15) is 4.79 Å². The number of hydrogen-bond acceptors (Lipinski definition) is 2. The van der Waals surface area contributed by atoms with E-state index in [0.29, 0.717) is 11.8 Å². The normalized spacial score (nSPS) is 28.0. The highest BCUT2D eigenvalue weighted by Gasteiger charge is 2.54. The molecular weight excluding hydrogens is 200 g/mol. The fourth-order valence-electron chi connectivity index (χ4n) is 2.34. The van der Waals surface area contributed by atoms with Crippen LogP contribution in [0.1, 0.15) is 18.4 Å². The third kappa shape index (κ3) is 1.87. The molecule has 2 rings (SSSR count). The Kier molecular flexibility index (Phi) is 3.09. The number of rotatable bonds is 3. The Morgan fingerprint density at radius 2 is 2.00 bits per heavy atom. The second-order valence-electron chi connectivity index (χ2n) is 4.09. The molecule has 3 atom stereocenters. The maximum Gasteiger partial charge on any atom is 0.309 e. The summed E-state index contributed by atoms with van der Waals surface area (Å²) in [6.45, 7) is 1.98. The SMILES string of the molecule is C/C=C/[C@@H]1[C@H](C(=O)OC)[C@H]1c1ccccc1. The average molecular weight is 216 g/mol. The van der Waals surface area contributed by atoms with Crippen LogP contribution in [0.2, 0.25) is 0 Å². The summed E-state index contributed by atoms with van der Waals surface area (Å²) in [5.41, 5.74) is 1.22. The highest BCUT2D eigenvalue weighted by molar-refractivity contribution is 5.78. The first-order valence-electron chi connectivity index (χ1n) is 5.55. The van der Waals surface area contributed by atoms with Crippen LogP contribution in [0.3, 0.4) is 0 Å². The zero-order chi connectivity index (χ0) is 11.5. The first-order chi connectivity index (χ1) is 7.79. The Hall–Kier alpha value is -1.57. The fourth-order valence-corrected chi connectivity index (χ4v) is 2.34. The molecule has 1 aliphatic carbocycles. The molecule has 0 spiro atoms. The van der Waals surface area contributed by atoms with Crippen LogP contribution in [0.25, 0.3) is 0 Å². The molecule has 0 amide bonds. The summed E-state index contributed by atoms with van der Waals surface area (Å²) in [5.74, 6) is 0.505. The maximum absolute atomic E-state index is 11.6. The minimum atomic E-state index is -0.100. The van der Waals surface area contributed by atoms with Crippen molar-refractivity contribution in [3.63, 3.8) is 0 Å². The van der Waals surface area contributed by atoms with Gasteiger partial charge in [0, 0.05) is 5.92 Å². The van der Waals surface area contributed by atoms with Crippen molar-refractivity contribution in [1.82, 2.24) is 0 Å². The van der Waals surface area contributed by atoms with Gasteiger partial charge in [0.1, 0.15) is 0 Å². The van der Waals surface area contributed by atoms with Crippen LogP contribution >= 0.6 is 0 Å². The standard InChI is InChI=1S/C14H16O2/c1-3-7-11-12(13(11)14(15)16-2)10-8-5-4-6-9-10/h3-9,11-13H,1-2H3/b7-3+/t11-,12-,13-/m0/s1. The van der Waals surface area contributed by atoms with Crippen LogP contribution in [-0.2, 0) is 9.53 Å². The predicted molar refractivity (Wildman–Crippen MR) is 63.0 cm³/mol. The van der Waals surface area contributed by atoms with E-state index in [1.165, 1.54) is 12.7 Å². The van der Waals surface area contributed by atoms with Gasteiger partial charge in [0.25, 0.3) is 0 Å². The number of carbonyl (C=O) groups is 1. The van der Waals surface area contributed by atoms with Crippen LogP contribution in [0.4, 0.5) is 0 Å². The van der Waals surface area contributed by atoms with Crippen molar-refractivity contribution in [3.05, 3.63) is 48.0 Å². The number of carbonyl (C=O) groups excluding carboxylic acids is 1. The molecular formula is C14H16O2. The minimum Gasteiger partial charge on any atom is -0.469 e. The number of hydrogen-bond donors (Lipinski definition) is 0. The molecule has 84 valence electrons. The molecule has 0 heterocycles. The van der Waals surface area contributed by atoms with Gasteiger partial charge in [-0.25, -0.2) is 0 Å². The Morgan fingerprint density at radius 1 is 1.31 bits per heavy atom. The highest BCUT2D eigenvalue weighted by Crippen LogP contribution is 2.55. The molecule has 0 radical (unpaired) electrons. The fraction of sp³-hybridized carbons (Fsp3) is 0.357.